The van der Waals surface area contributed by atoms with Crippen molar-refractivity contribution in [2.24, 2.45) is 11.7 Å². The smallest absolute Gasteiger partial charge is 0.0243 e. The van der Waals surface area contributed by atoms with E-state index in [1.807, 2.05) is 0 Å². The van der Waals surface area contributed by atoms with Crippen molar-refractivity contribution in [2.45, 2.75) is 32.2 Å². The summed E-state index contributed by atoms with van der Waals surface area (Å²) in [5, 5.41) is 0. The van der Waals surface area contributed by atoms with E-state index in [-0.39, 0.29) is 12.0 Å². The third-order valence-corrected chi connectivity index (χ3v) is 4.00. The lowest BCUT2D eigenvalue weighted by atomic mass is 9.79. The van der Waals surface area contributed by atoms with Crippen molar-refractivity contribution in [3.63, 3.8) is 0 Å². The van der Waals surface area contributed by atoms with E-state index < -0.39 is 0 Å². The zero-order valence-corrected chi connectivity index (χ0v) is 11.8. The Morgan fingerprint density at radius 3 is 1.63 bits per heavy atom. The van der Waals surface area contributed by atoms with Gasteiger partial charge in [-0.1, -0.05) is 80.9 Å². The fourth-order valence-electron chi connectivity index (χ4n) is 2.56. The molecule has 1 heteroatoms. The number of nitrogens with two attached hydrogens (primary N) is 1. The second-order valence-electron chi connectivity index (χ2n) is 5.26. The Balaban J connectivity index is 2.40. The zero-order valence-electron chi connectivity index (χ0n) is 11.8. The van der Waals surface area contributed by atoms with Gasteiger partial charge in [0.1, 0.15) is 0 Å². The third-order valence-electron chi connectivity index (χ3n) is 4.00. The number of hydrogen-bond donors (Lipinski definition) is 1. The molecule has 2 rings (SSSR count). The maximum Gasteiger partial charge on any atom is 0.0243 e. The molecule has 2 N–H and O–H groups in total. The Morgan fingerprint density at radius 1 is 0.842 bits per heavy atom. The molecule has 0 heterocycles. The molecule has 0 radical (unpaired) electrons. The normalized spacial score (nSPS) is 14.3. The fourth-order valence-corrected chi connectivity index (χ4v) is 2.56. The molecule has 0 aliphatic heterocycles. The number of benzene rings is 2. The van der Waals surface area contributed by atoms with Gasteiger partial charge in [0.25, 0.3) is 0 Å². The summed E-state index contributed by atoms with van der Waals surface area (Å²) in [5.74, 6) is 0.780. The van der Waals surface area contributed by atoms with Crippen molar-refractivity contribution in [1.82, 2.24) is 0 Å². The van der Waals surface area contributed by atoms with Crippen LogP contribution in [0.5, 0.6) is 0 Å². The highest BCUT2D eigenvalue weighted by atomic mass is 14.7. The van der Waals surface area contributed by atoms with Crippen molar-refractivity contribution < 1.29 is 0 Å². The van der Waals surface area contributed by atoms with Crippen LogP contribution in [0, 0.1) is 5.92 Å². The van der Waals surface area contributed by atoms with Gasteiger partial charge in [0.2, 0.25) is 0 Å². The molecule has 100 valence electrons. The highest BCUT2D eigenvalue weighted by Gasteiger charge is 2.25. The maximum atomic E-state index is 6.54. The van der Waals surface area contributed by atoms with Crippen LogP contribution in [0.4, 0.5) is 0 Å². The van der Waals surface area contributed by atoms with Gasteiger partial charge in [-0.15, -0.1) is 0 Å². The Bertz CT molecular complexity index is 438. The summed E-state index contributed by atoms with van der Waals surface area (Å²) in [6.07, 6.45) is 1.11. The predicted octanol–water partition coefficient (Wildman–Crippen LogP) is 4.19. The molecule has 0 aromatic heterocycles. The van der Waals surface area contributed by atoms with E-state index in [9.17, 15) is 0 Å². The minimum atomic E-state index is 0.148. The summed E-state index contributed by atoms with van der Waals surface area (Å²) in [6, 6.07) is 21.3. The van der Waals surface area contributed by atoms with Crippen molar-refractivity contribution in [3.05, 3.63) is 71.8 Å². The van der Waals surface area contributed by atoms with Crippen molar-refractivity contribution in [1.29, 1.82) is 0 Å². The molecule has 2 atom stereocenters. The van der Waals surface area contributed by atoms with Gasteiger partial charge < -0.3 is 5.73 Å². The van der Waals surface area contributed by atoms with Crippen LogP contribution in [0.3, 0.4) is 0 Å². The molecule has 0 fully saturated rings. The van der Waals surface area contributed by atoms with Crippen molar-refractivity contribution >= 4 is 0 Å². The molecule has 0 saturated heterocycles. The van der Waals surface area contributed by atoms with Gasteiger partial charge in [-0.25, -0.2) is 0 Å². The lowest BCUT2D eigenvalue weighted by molar-refractivity contribution is 0.408. The van der Waals surface area contributed by atoms with Crippen LogP contribution in [0.2, 0.25) is 0 Å². The zero-order chi connectivity index (χ0) is 13.7. The van der Waals surface area contributed by atoms with Crippen LogP contribution < -0.4 is 5.73 Å². The topological polar surface area (TPSA) is 26.0 Å². The summed E-state index contributed by atoms with van der Waals surface area (Å²) in [5.41, 5.74) is 9.15. The van der Waals surface area contributed by atoms with Gasteiger partial charge in [0.15, 0.2) is 0 Å². The first-order valence-electron chi connectivity index (χ1n) is 7.09. The predicted molar refractivity (Wildman–Crippen MR) is 82.2 cm³/mol. The Kier molecular flexibility index (Phi) is 4.75. The van der Waals surface area contributed by atoms with E-state index in [2.05, 4.69) is 74.5 Å². The van der Waals surface area contributed by atoms with Crippen LogP contribution in [0.1, 0.15) is 37.3 Å². The summed E-state index contributed by atoms with van der Waals surface area (Å²) >= 11 is 0. The molecule has 0 amide bonds. The molecule has 0 bridgehead atoms. The van der Waals surface area contributed by atoms with Crippen molar-refractivity contribution in [2.75, 3.05) is 0 Å². The summed E-state index contributed by atoms with van der Waals surface area (Å²) in [6.45, 7) is 4.45. The molecule has 0 spiro atoms. The van der Waals surface area contributed by atoms with Crippen molar-refractivity contribution in [3.8, 4) is 0 Å². The third kappa shape index (κ3) is 3.24. The van der Waals surface area contributed by atoms with Gasteiger partial charge in [-0.05, 0) is 17.0 Å². The maximum absolute atomic E-state index is 6.54. The first kappa shape index (κ1) is 13.8. The fraction of sp³-hybridized carbons (Fsp3) is 0.333. The summed E-state index contributed by atoms with van der Waals surface area (Å²) in [4.78, 5) is 0. The van der Waals surface area contributed by atoms with Gasteiger partial charge in [-0.2, -0.15) is 0 Å². The van der Waals surface area contributed by atoms with E-state index in [0.717, 1.165) is 6.42 Å². The molecule has 19 heavy (non-hydrogen) atoms. The second-order valence-corrected chi connectivity index (χ2v) is 5.26. The monoisotopic (exact) mass is 253 g/mol. The molecule has 0 aliphatic carbocycles. The SMILES string of the molecule is CC[C@@H](C)[C@H](N)C(c1ccccc1)c1ccccc1. The van der Waals surface area contributed by atoms with Crippen LogP contribution in [0.15, 0.2) is 60.7 Å². The second kappa shape index (κ2) is 6.53. The summed E-state index contributed by atoms with van der Waals surface area (Å²) < 4.78 is 0. The van der Waals surface area contributed by atoms with Gasteiger partial charge in [0.05, 0.1) is 0 Å². The van der Waals surface area contributed by atoms with Crippen LogP contribution in [-0.2, 0) is 0 Å². The van der Waals surface area contributed by atoms with E-state index >= 15 is 0 Å². The van der Waals surface area contributed by atoms with E-state index in [1.54, 1.807) is 0 Å². The highest BCUT2D eigenvalue weighted by molar-refractivity contribution is 5.34. The van der Waals surface area contributed by atoms with E-state index in [0.29, 0.717) is 5.92 Å². The quantitative estimate of drug-likeness (QED) is 0.849. The molecule has 0 aliphatic rings. The molecular formula is C18H23N. The molecule has 1 nitrogen and oxygen atoms in total. The largest absolute Gasteiger partial charge is 0.327 e. The number of hydrogen-bond acceptors (Lipinski definition) is 1. The van der Waals surface area contributed by atoms with Gasteiger partial charge in [0, 0.05) is 12.0 Å². The molecule has 0 saturated carbocycles. The first-order chi connectivity index (χ1) is 9.24. The Morgan fingerprint density at radius 2 is 1.26 bits per heavy atom. The van der Waals surface area contributed by atoms with Crippen LogP contribution >= 0.6 is 0 Å². The summed E-state index contributed by atoms with van der Waals surface area (Å²) in [7, 11) is 0. The standard InChI is InChI=1S/C18H23N/c1-3-14(2)18(19)17(15-10-6-4-7-11-15)16-12-8-5-9-13-16/h4-14,17-18H,3,19H2,1-2H3/t14-,18+/m1/s1. The molecule has 2 aromatic carbocycles. The Labute approximate surface area is 116 Å². The first-order valence-corrected chi connectivity index (χ1v) is 7.09. The highest BCUT2D eigenvalue weighted by Crippen LogP contribution is 2.31. The minimum absolute atomic E-state index is 0.148. The molecule has 2 aromatic rings. The average molecular weight is 253 g/mol. The van der Waals surface area contributed by atoms with Crippen LogP contribution in [-0.4, -0.2) is 6.04 Å². The lowest BCUT2D eigenvalue weighted by Crippen LogP contribution is -2.35. The van der Waals surface area contributed by atoms with Gasteiger partial charge >= 0.3 is 0 Å². The number of rotatable bonds is 5. The average Bonchev–Trinajstić information content (AvgIpc) is 2.49. The lowest BCUT2D eigenvalue weighted by Gasteiger charge is -2.29. The minimum Gasteiger partial charge on any atom is -0.327 e. The molecular weight excluding hydrogens is 230 g/mol. The van der Waals surface area contributed by atoms with E-state index in [4.69, 9.17) is 5.73 Å². The van der Waals surface area contributed by atoms with E-state index in [1.165, 1.54) is 11.1 Å². The van der Waals surface area contributed by atoms with Gasteiger partial charge in [-0.3, -0.25) is 0 Å². The molecule has 0 unspecified atom stereocenters. The Hall–Kier alpha value is -1.60. The van der Waals surface area contributed by atoms with Crippen LogP contribution in [0.25, 0.3) is 0 Å².